The first-order chi connectivity index (χ1) is 10.5. The summed E-state index contributed by atoms with van der Waals surface area (Å²) >= 11 is 0. The molecule has 3 aromatic rings. The van der Waals surface area contributed by atoms with Crippen molar-refractivity contribution in [1.82, 2.24) is 4.98 Å². The zero-order valence-corrected chi connectivity index (χ0v) is 12.2. The summed E-state index contributed by atoms with van der Waals surface area (Å²) in [5.74, 6) is 0. The van der Waals surface area contributed by atoms with Crippen molar-refractivity contribution in [2.24, 2.45) is 0 Å². The second-order valence-electron chi connectivity index (χ2n) is 5.21. The van der Waals surface area contributed by atoms with Gasteiger partial charge in [-0.25, -0.2) is 4.98 Å². The monoisotopic (exact) mass is 297 g/mol. The number of aliphatic hydroxyl groups excluding tert-OH is 1. The van der Waals surface area contributed by atoms with E-state index >= 15 is 0 Å². The van der Waals surface area contributed by atoms with Crippen LogP contribution in [0, 0.1) is 17.0 Å². The SMILES string of the molecule is Cc1ccc([N+](=O)[O-])c2c(NC(C)O)c3ccccc3nc12. The van der Waals surface area contributed by atoms with Crippen LogP contribution in [0.4, 0.5) is 11.4 Å². The van der Waals surface area contributed by atoms with Crippen LogP contribution in [0.25, 0.3) is 21.8 Å². The van der Waals surface area contributed by atoms with Crippen molar-refractivity contribution in [1.29, 1.82) is 0 Å². The van der Waals surface area contributed by atoms with Gasteiger partial charge in [0.25, 0.3) is 5.69 Å². The Morgan fingerprint density at radius 1 is 1.27 bits per heavy atom. The number of para-hydroxylation sites is 1. The molecule has 0 saturated carbocycles. The normalized spacial score (nSPS) is 12.5. The Balaban J connectivity index is 2.54. The Morgan fingerprint density at radius 2 is 2.00 bits per heavy atom. The zero-order chi connectivity index (χ0) is 15.9. The average Bonchev–Trinajstić information content (AvgIpc) is 2.47. The molecule has 1 aromatic heterocycles. The third-order valence-corrected chi connectivity index (χ3v) is 3.56. The molecule has 0 aliphatic carbocycles. The number of nitro groups is 1. The molecule has 0 bridgehead atoms. The second-order valence-corrected chi connectivity index (χ2v) is 5.21. The van der Waals surface area contributed by atoms with Gasteiger partial charge < -0.3 is 10.4 Å². The van der Waals surface area contributed by atoms with Gasteiger partial charge in [-0.3, -0.25) is 10.1 Å². The van der Waals surface area contributed by atoms with E-state index in [9.17, 15) is 15.2 Å². The van der Waals surface area contributed by atoms with Gasteiger partial charge in [0.1, 0.15) is 11.6 Å². The summed E-state index contributed by atoms with van der Waals surface area (Å²) < 4.78 is 0. The Labute approximate surface area is 126 Å². The van der Waals surface area contributed by atoms with E-state index in [4.69, 9.17) is 0 Å². The number of pyridine rings is 1. The van der Waals surface area contributed by atoms with Crippen molar-refractivity contribution in [2.45, 2.75) is 20.1 Å². The third-order valence-electron chi connectivity index (χ3n) is 3.56. The predicted octanol–water partition coefficient (Wildman–Crippen LogP) is 3.35. The number of anilines is 1. The minimum atomic E-state index is -0.839. The van der Waals surface area contributed by atoms with Gasteiger partial charge in [0.15, 0.2) is 0 Å². The van der Waals surface area contributed by atoms with Gasteiger partial charge >= 0.3 is 0 Å². The van der Waals surface area contributed by atoms with Crippen molar-refractivity contribution < 1.29 is 10.0 Å². The topological polar surface area (TPSA) is 88.3 Å². The van der Waals surface area contributed by atoms with Crippen LogP contribution in [0.2, 0.25) is 0 Å². The lowest BCUT2D eigenvalue weighted by atomic mass is 10.0. The number of aryl methyl sites for hydroxylation is 1. The van der Waals surface area contributed by atoms with Crippen LogP contribution in [-0.2, 0) is 0 Å². The smallest absolute Gasteiger partial charge is 0.280 e. The summed E-state index contributed by atoms with van der Waals surface area (Å²) in [6.07, 6.45) is -0.839. The van der Waals surface area contributed by atoms with Gasteiger partial charge in [0.05, 0.1) is 21.6 Å². The lowest BCUT2D eigenvalue weighted by molar-refractivity contribution is -0.383. The summed E-state index contributed by atoms with van der Waals surface area (Å²) in [7, 11) is 0. The van der Waals surface area contributed by atoms with Gasteiger partial charge in [-0.05, 0) is 25.5 Å². The molecule has 0 fully saturated rings. The Morgan fingerprint density at radius 3 is 2.68 bits per heavy atom. The van der Waals surface area contributed by atoms with E-state index in [1.165, 1.54) is 6.07 Å². The van der Waals surface area contributed by atoms with Crippen molar-refractivity contribution in [3.05, 3.63) is 52.1 Å². The molecule has 6 nitrogen and oxygen atoms in total. The van der Waals surface area contributed by atoms with Crippen molar-refractivity contribution in [2.75, 3.05) is 5.32 Å². The number of aromatic nitrogens is 1. The largest absolute Gasteiger partial charge is 0.374 e. The molecule has 0 amide bonds. The van der Waals surface area contributed by atoms with Crippen LogP contribution < -0.4 is 5.32 Å². The van der Waals surface area contributed by atoms with E-state index < -0.39 is 11.2 Å². The summed E-state index contributed by atoms with van der Waals surface area (Å²) in [5, 5.41) is 25.2. The van der Waals surface area contributed by atoms with E-state index in [1.807, 2.05) is 31.2 Å². The number of fused-ring (bicyclic) bond motifs is 2. The standard InChI is InChI=1S/C16H15N3O3/c1-9-7-8-13(19(21)22)14-15(9)18-12-6-4-3-5-11(12)16(14)17-10(2)20/h3-8,10,20H,1-2H3,(H,17,18). The Kier molecular flexibility index (Phi) is 3.38. The molecule has 0 saturated heterocycles. The van der Waals surface area contributed by atoms with Gasteiger partial charge in [-0.2, -0.15) is 0 Å². The Hall–Kier alpha value is -2.73. The molecule has 0 aliphatic heterocycles. The lowest BCUT2D eigenvalue weighted by Crippen LogP contribution is -2.14. The highest BCUT2D eigenvalue weighted by atomic mass is 16.6. The first-order valence-corrected chi connectivity index (χ1v) is 6.90. The molecule has 6 heteroatoms. The highest BCUT2D eigenvalue weighted by Gasteiger charge is 2.21. The molecular formula is C16H15N3O3. The number of nitrogens with zero attached hydrogens (tertiary/aromatic N) is 2. The highest BCUT2D eigenvalue weighted by molar-refractivity contribution is 6.11. The van der Waals surface area contributed by atoms with Crippen LogP contribution in [0.1, 0.15) is 12.5 Å². The fourth-order valence-electron chi connectivity index (χ4n) is 2.62. The van der Waals surface area contributed by atoms with Crippen LogP contribution in [0.3, 0.4) is 0 Å². The number of nitrogens with one attached hydrogen (secondary N) is 1. The zero-order valence-electron chi connectivity index (χ0n) is 12.2. The molecule has 1 unspecified atom stereocenters. The minimum Gasteiger partial charge on any atom is -0.374 e. The van der Waals surface area contributed by atoms with Crippen molar-refractivity contribution in [3.8, 4) is 0 Å². The number of nitro benzene ring substituents is 1. The Bertz CT molecular complexity index is 891. The van der Waals surface area contributed by atoms with E-state index in [-0.39, 0.29) is 5.69 Å². The minimum absolute atomic E-state index is 0.0259. The van der Waals surface area contributed by atoms with E-state index in [0.29, 0.717) is 16.6 Å². The lowest BCUT2D eigenvalue weighted by Gasteiger charge is -2.16. The van der Waals surface area contributed by atoms with Crippen LogP contribution in [-0.4, -0.2) is 21.2 Å². The maximum absolute atomic E-state index is 11.4. The number of aliphatic hydroxyl groups is 1. The van der Waals surface area contributed by atoms with Gasteiger partial charge in [0.2, 0.25) is 0 Å². The molecule has 22 heavy (non-hydrogen) atoms. The average molecular weight is 297 g/mol. The molecule has 3 rings (SSSR count). The summed E-state index contributed by atoms with van der Waals surface area (Å²) in [6, 6.07) is 10.5. The first kappa shape index (κ1) is 14.2. The maximum atomic E-state index is 11.4. The van der Waals surface area contributed by atoms with Crippen LogP contribution in [0.5, 0.6) is 0 Å². The molecule has 0 radical (unpaired) electrons. The van der Waals surface area contributed by atoms with Crippen LogP contribution in [0.15, 0.2) is 36.4 Å². The number of non-ortho nitro benzene ring substituents is 1. The molecule has 0 spiro atoms. The molecule has 2 N–H and O–H groups in total. The molecule has 2 aromatic carbocycles. The number of hydrogen-bond acceptors (Lipinski definition) is 5. The number of hydrogen-bond donors (Lipinski definition) is 2. The first-order valence-electron chi connectivity index (χ1n) is 6.90. The summed E-state index contributed by atoms with van der Waals surface area (Å²) in [4.78, 5) is 15.5. The van der Waals surface area contributed by atoms with Gasteiger partial charge in [-0.1, -0.05) is 24.3 Å². The quantitative estimate of drug-likeness (QED) is 0.335. The van der Waals surface area contributed by atoms with E-state index in [0.717, 1.165) is 16.5 Å². The van der Waals surface area contributed by atoms with Gasteiger partial charge in [0, 0.05) is 11.5 Å². The number of benzene rings is 2. The van der Waals surface area contributed by atoms with E-state index in [2.05, 4.69) is 10.3 Å². The predicted molar refractivity (Wildman–Crippen MR) is 85.9 cm³/mol. The molecular weight excluding hydrogens is 282 g/mol. The van der Waals surface area contributed by atoms with Gasteiger partial charge in [-0.15, -0.1) is 0 Å². The second kappa shape index (κ2) is 5.23. The molecule has 0 aliphatic rings. The molecule has 1 heterocycles. The summed E-state index contributed by atoms with van der Waals surface area (Å²) in [6.45, 7) is 3.43. The number of rotatable bonds is 3. The van der Waals surface area contributed by atoms with Crippen molar-refractivity contribution >= 4 is 33.2 Å². The fourth-order valence-corrected chi connectivity index (χ4v) is 2.62. The highest BCUT2D eigenvalue weighted by Crippen LogP contribution is 2.38. The molecule has 1 atom stereocenters. The third kappa shape index (κ3) is 2.23. The maximum Gasteiger partial charge on any atom is 0.280 e. The van der Waals surface area contributed by atoms with Crippen LogP contribution >= 0.6 is 0 Å². The summed E-state index contributed by atoms with van der Waals surface area (Å²) in [5.41, 5.74) is 2.64. The van der Waals surface area contributed by atoms with Crippen molar-refractivity contribution in [3.63, 3.8) is 0 Å². The molecule has 112 valence electrons. The van der Waals surface area contributed by atoms with E-state index in [1.54, 1.807) is 13.0 Å². The fraction of sp³-hybridized carbons (Fsp3) is 0.188.